The standard InChI is InChI=1S/C15H23NO/c1-11-10-12(16)4-5-14(11)17-13-6-8-15(2,3)9-7-13/h4-5,10,13H,6-9,16H2,1-3H3. The van der Waals surface area contributed by atoms with E-state index in [1.807, 2.05) is 18.2 Å². The third-order valence-corrected chi connectivity index (χ3v) is 3.78. The predicted molar refractivity (Wildman–Crippen MR) is 72.3 cm³/mol. The van der Waals surface area contributed by atoms with E-state index in [0.29, 0.717) is 11.5 Å². The fourth-order valence-electron chi connectivity index (χ4n) is 2.48. The molecule has 0 saturated heterocycles. The molecular formula is C15H23NO. The Morgan fingerprint density at radius 1 is 1.24 bits per heavy atom. The largest absolute Gasteiger partial charge is 0.490 e. The fraction of sp³-hybridized carbons (Fsp3) is 0.600. The molecule has 1 aromatic carbocycles. The average Bonchev–Trinajstić information content (AvgIpc) is 2.25. The molecule has 2 N–H and O–H groups in total. The summed E-state index contributed by atoms with van der Waals surface area (Å²) >= 11 is 0. The van der Waals surface area contributed by atoms with Gasteiger partial charge in [0.05, 0.1) is 6.10 Å². The van der Waals surface area contributed by atoms with Crippen LogP contribution in [-0.4, -0.2) is 6.10 Å². The lowest BCUT2D eigenvalue weighted by Crippen LogP contribution is -2.28. The van der Waals surface area contributed by atoms with Gasteiger partial charge in [-0.05, 0) is 61.8 Å². The summed E-state index contributed by atoms with van der Waals surface area (Å²) in [5.74, 6) is 0.990. The van der Waals surface area contributed by atoms with Crippen molar-refractivity contribution in [2.75, 3.05) is 5.73 Å². The van der Waals surface area contributed by atoms with Crippen LogP contribution in [0.25, 0.3) is 0 Å². The summed E-state index contributed by atoms with van der Waals surface area (Å²) in [6, 6.07) is 5.88. The van der Waals surface area contributed by atoms with Crippen LogP contribution in [0.15, 0.2) is 18.2 Å². The molecule has 0 aliphatic heterocycles. The van der Waals surface area contributed by atoms with Crippen molar-refractivity contribution in [2.24, 2.45) is 5.41 Å². The Bertz CT molecular complexity index is 388. The van der Waals surface area contributed by atoms with Crippen molar-refractivity contribution in [1.29, 1.82) is 0 Å². The fourth-order valence-corrected chi connectivity index (χ4v) is 2.48. The number of benzene rings is 1. The zero-order valence-electron chi connectivity index (χ0n) is 11.1. The molecule has 1 aliphatic carbocycles. The lowest BCUT2D eigenvalue weighted by Gasteiger charge is -2.34. The van der Waals surface area contributed by atoms with Crippen molar-refractivity contribution in [3.8, 4) is 5.75 Å². The van der Waals surface area contributed by atoms with Crippen LogP contribution in [0.5, 0.6) is 5.75 Å². The van der Waals surface area contributed by atoms with Crippen molar-refractivity contribution in [3.63, 3.8) is 0 Å². The summed E-state index contributed by atoms with van der Waals surface area (Å²) in [7, 11) is 0. The lowest BCUT2D eigenvalue weighted by molar-refractivity contribution is 0.0982. The normalized spacial score (nSPS) is 20.2. The molecule has 2 rings (SSSR count). The zero-order valence-corrected chi connectivity index (χ0v) is 11.1. The van der Waals surface area contributed by atoms with Gasteiger partial charge in [-0.2, -0.15) is 0 Å². The summed E-state index contributed by atoms with van der Waals surface area (Å²) in [4.78, 5) is 0. The molecule has 2 nitrogen and oxygen atoms in total. The van der Waals surface area contributed by atoms with Crippen LogP contribution in [-0.2, 0) is 0 Å². The lowest BCUT2D eigenvalue weighted by atomic mass is 9.76. The molecule has 1 fully saturated rings. The van der Waals surface area contributed by atoms with Crippen molar-refractivity contribution in [2.45, 2.75) is 52.6 Å². The number of nitrogen functional groups attached to an aromatic ring is 1. The highest BCUT2D eigenvalue weighted by atomic mass is 16.5. The maximum atomic E-state index is 6.08. The smallest absolute Gasteiger partial charge is 0.122 e. The molecule has 0 amide bonds. The first-order valence-electron chi connectivity index (χ1n) is 6.49. The van der Waals surface area contributed by atoms with Crippen LogP contribution in [0.3, 0.4) is 0 Å². The van der Waals surface area contributed by atoms with Crippen molar-refractivity contribution < 1.29 is 4.74 Å². The quantitative estimate of drug-likeness (QED) is 0.786. The number of ether oxygens (including phenoxy) is 1. The molecule has 2 heteroatoms. The van der Waals surface area contributed by atoms with Gasteiger partial charge in [0, 0.05) is 5.69 Å². The van der Waals surface area contributed by atoms with E-state index in [4.69, 9.17) is 10.5 Å². The summed E-state index contributed by atoms with van der Waals surface area (Å²) in [6.07, 6.45) is 5.22. The molecule has 0 unspecified atom stereocenters. The summed E-state index contributed by atoms with van der Waals surface area (Å²) in [6.45, 7) is 6.74. The van der Waals surface area contributed by atoms with Crippen LogP contribution in [0.1, 0.15) is 45.1 Å². The minimum absolute atomic E-state index is 0.380. The molecule has 94 valence electrons. The van der Waals surface area contributed by atoms with Crippen molar-refractivity contribution in [3.05, 3.63) is 23.8 Å². The molecule has 0 bridgehead atoms. The van der Waals surface area contributed by atoms with E-state index in [-0.39, 0.29) is 0 Å². The van der Waals surface area contributed by atoms with E-state index in [1.165, 1.54) is 12.8 Å². The van der Waals surface area contributed by atoms with Gasteiger partial charge >= 0.3 is 0 Å². The highest BCUT2D eigenvalue weighted by molar-refractivity contribution is 5.47. The van der Waals surface area contributed by atoms with Crippen LogP contribution in [0, 0.1) is 12.3 Å². The van der Waals surface area contributed by atoms with Crippen LogP contribution < -0.4 is 10.5 Å². The first-order valence-corrected chi connectivity index (χ1v) is 6.49. The minimum atomic E-state index is 0.380. The van der Waals surface area contributed by atoms with Gasteiger partial charge in [0.1, 0.15) is 5.75 Å². The van der Waals surface area contributed by atoms with Crippen LogP contribution >= 0.6 is 0 Å². The van der Waals surface area contributed by atoms with E-state index in [9.17, 15) is 0 Å². The van der Waals surface area contributed by atoms with Crippen molar-refractivity contribution >= 4 is 5.69 Å². The maximum Gasteiger partial charge on any atom is 0.122 e. The van der Waals surface area contributed by atoms with E-state index in [1.54, 1.807) is 0 Å². The molecule has 1 saturated carbocycles. The number of aryl methyl sites for hydroxylation is 1. The first kappa shape index (κ1) is 12.3. The highest BCUT2D eigenvalue weighted by Gasteiger charge is 2.27. The summed E-state index contributed by atoms with van der Waals surface area (Å²) in [5, 5.41) is 0. The average molecular weight is 233 g/mol. The Labute approximate surface area is 104 Å². The Hall–Kier alpha value is -1.18. The van der Waals surface area contributed by atoms with Crippen molar-refractivity contribution in [1.82, 2.24) is 0 Å². The number of hydrogen-bond donors (Lipinski definition) is 1. The molecule has 1 aromatic rings. The van der Waals surface area contributed by atoms with Gasteiger partial charge in [-0.1, -0.05) is 13.8 Å². The van der Waals surface area contributed by atoms with E-state index >= 15 is 0 Å². The van der Waals surface area contributed by atoms with Gasteiger partial charge in [-0.15, -0.1) is 0 Å². The van der Waals surface area contributed by atoms with Crippen LogP contribution in [0.2, 0.25) is 0 Å². The number of nitrogens with two attached hydrogens (primary N) is 1. The Kier molecular flexibility index (Phi) is 3.32. The second-order valence-corrected chi connectivity index (χ2v) is 6.01. The Morgan fingerprint density at radius 2 is 1.88 bits per heavy atom. The van der Waals surface area contributed by atoms with E-state index in [0.717, 1.165) is 29.8 Å². The monoisotopic (exact) mass is 233 g/mol. The third kappa shape index (κ3) is 3.15. The molecule has 0 atom stereocenters. The third-order valence-electron chi connectivity index (χ3n) is 3.78. The Balaban J connectivity index is 1.98. The number of rotatable bonds is 2. The Morgan fingerprint density at radius 3 is 2.47 bits per heavy atom. The summed E-state index contributed by atoms with van der Waals surface area (Å²) < 4.78 is 6.08. The van der Waals surface area contributed by atoms with Gasteiger partial charge in [-0.3, -0.25) is 0 Å². The highest BCUT2D eigenvalue weighted by Crippen LogP contribution is 2.37. The SMILES string of the molecule is Cc1cc(N)ccc1OC1CCC(C)(C)CC1. The molecule has 0 aromatic heterocycles. The zero-order chi connectivity index (χ0) is 12.5. The topological polar surface area (TPSA) is 35.2 Å². The molecule has 0 spiro atoms. The van der Waals surface area contributed by atoms with Gasteiger partial charge in [0.2, 0.25) is 0 Å². The molecule has 1 aliphatic rings. The second-order valence-electron chi connectivity index (χ2n) is 6.01. The van der Waals surface area contributed by atoms with E-state index in [2.05, 4.69) is 20.8 Å². The number of hydrogen-bond acceptors (Lipinski definition) is 2. The van der Waals surface area contributed by atoms with E-state index < -0.39 is 0 Å². The maximum absolute atomic E-state index is 6.08. The molecular weight excluding hydrogens is 210 g/mol. The van der Waals surface area contributed by atoms with Gasteiger partial charge in [-0.25, -0.2) is 0 Å². The second kappa shape index (κ2) is 4.59. The molecule has 0 heterocycles. The first-order chi connectivity index (χ1) is 7.96. The molecule has 0 radical (unpaired) electrons. The van der Waals surface area contributed by atoms with Gasteiger partial charge < -0.3 is 10.5 Å². The van der Waals surface area contributed by atoms with Gasteiger partial charge in [0.25, 0.3) is 0 Å². The van der Waals surface area contributed by atoms with Gasteiger partial charge in [0.15, 0.2) is 0 Å². The van der Waals surface area contributed by atoms with Crippen LogP contribution in [0.4, 0.5) is 5.69 Å². The molecule has 17 heavy (non-hydrogen) atoms. The number of anilines is 1. The summed E-state index contributed by atoms with van der Waals surface area (Å²) in [5.41, 5.74) is 8.18. The predicted octanol–water partition coefficient (Wildman–Crippen LogP) is 3.92. The minimum Gasteiger partial charge on any atom is -0.490 e.